The number of carbonyl (C=O) groups is 1. The Morgan fingerprint density at radius 3 is 2.78 bits per heavy atom. The quantitative estimate of drug-likeness (QED) is 0.384. The summed E-state index contributed by atoms with van der Waals surface area (Å²) in [4.78, 5) is 16.5. The van der Waals surface area contributed by atoms with E-state index in [1.807, 2.05) is 24.5 Å². The average Bonchev–Trinajstić information content (AvgIpc) is 2.67. The molecule has 0 radical (unpaired) electrons. The summed E-state index contributed by atoms with van der Waals surface area (Å²) < 4.78 is 0. The van der Waals surface area contributed by atoms with Crippen LogP contribution in [0.3, 0.4) is 0 Å². The number of carbonyl (C=O) groups excluding carboxylic acids is 1. The van der Waals surface area contributed by atoms with E-state index in [9.17, 15) is 4.79 Å². The molecule has 92 valence electrons. The lowest BCUT2D eigenvalue weighted by Gasteiger charge is -2.04. The summed E-state index contributed by atoms with van der Waals surface area (Å²) in [5, 5.41) is 5.66. The van der Waals surface area contributed by atoms with Gasteiger partial charge in [-0.05, 0) is 49.0 Å². The Kier molecular flexibility index (Phi) is 3.78. The molecule has 1 aliphatic heterocycles. The van der Waals surface area contributed by atoms with Gasteiger partial charge in [-0.15, -0.1) is 11.8 Å². The molecule has 2 N–H and O–H groups in total. The molecule has 0 spiro atoms. The maximum atomic E-state index is 11.5. The third-order valence-electron chi connectivity index (χ3n) is 2.41. The normalized spacial score (nSPS) is 16.6. The number of nitrogens with one attached hydrogen (secondary N) is 2. The fourth-order valence-electron chi connectivity index (χ4n) is 1.56. The molecular weight excluding hydrogens is 266 g/mol. The second kappa shape index (κ2) is 5.32. The van der Waals surface area contributed by atoms with E-state index in [-0.39, 0.29) is 5.91 Å². The number of hydrogen-bond donors (Lipinski definition) is 2. The highest BCUT2D eigenvalue weighted by atomic mass is 32.2. The van der Waals surface area contributed by atoms with Gasteiger partial charge in [0.05, 0.1) is 5.69 Å². The highest BCUT2D eigenvalue weighted by Gasteiger charge is 2.19. The Balaban J connectivity index is 2.35. The van der Waals surface area contributed by atoms with Crippen molar-refractivity contribution in [2.75, 3.05) is 6.26 Å². The van der Waals surface area contributed by atoms with Gasteiger partial charge in [0.1, 0.15) is 5.70 Å². The van der Waals surface area contributed by atoms with Gasteiger partial charge in [-0.1, -0.05) is 6.07 Å². The molecule has 1 aliphatic rings. The molecule has 1 aromatic rings. The van der Waals surface area contributed by atoms with Gasteiger partial charge < -0.3 is 5.32 Å². The van der Waals surface area contributed by atoms with Crippen LogP contribution in [0.1, 0.15) is 5.56 Å². The van der Waals surface area contributed by atoms with E-state index in [4.69, 9.17) is 12.2 Å². The van der Waals surface area contributed by atoms with E-state index in [0.29, 0.717) is 10.8 Å². The minimum absolute atomic E-state index is 0.211. The molecular formula is C12H11N3OS2. The molecule has 1 amide bonds. The van der Waals surface area contributed by atoms with E-state index in [2.05, 4.69) is 22.3 Å². The van der Waals surface area contributed by atoms with Crippen LogP contribution < -0.4 is 10.6 Å². The van der Waals surface area contributed by atoms with Crippen LogP contribution in [-0.2, 0) is 4.79 Å². The van der Waals surface area contributed by atoms with Crippen LogP contribution >= 0.6 is 24.0 Å². The van der Waals surface area contributed by atoms with Crippen LogP contribution in [0.4, 0.5) is 5.69 Å². The molecule has 2 rings (SSSR count). The first-order valence-electron chi connectivity index (χ1n) is 5.13. The number of benzene rings is 1. The van der Waals surface area contributed by atoms with Gasteiger partial charge in [0, 0.05) is 4.90 Å². The summed E-state index contributed by atoms with van der Waals surface area (Å²) in [6.45, 7) is 3.52. The SMILES string of the molecule is C=Nc1ccc(/C=C2\NC(=S)NC2=O)cc1SC. The number of aliphatic imine (C=N–C) groups is 1. The van der Waals surface area contributed by atoms with Gasteiger partial charge in [0.2, 0.25) is 0 Å². The summed E-state index contributed by atoms with van der Waals surface area (Å²) in [7, 11) is 0. The summed E-state index contributed by atoms with van der Waals surface area (Å²) >= 11 is 6.45. The Hall–Kier alpha value is -1.66. The molecule has 6 heteroatoms. The molecule has 0 unspecified atom stereocenters. The molecule has 1 aromatic carbocycles. The van der Waals surface area contributed by atoms with Crippen molar-refractivity contribution in [1.29, 1.82) is 0 Å². The Bertz CT molecular complexity index is 566. The summed E-state index contributed by atoms with van der Waals surface area (Å²) in [6.07, 6.45) is 3.72. The van der Waals surface area contributed by atoms with Crippen molar-refractivity contribution >= 4 is 53.5 Å². The lowest BCUT2D eigenvalue weighted by Crippen LogP contribution is -2.21. The molecule has 1 fully saturated rings. The molecule has 0 atom stereocenters. The lowest BCUT2D eigenvalue weighted by molar-refractivity contribution is -0.115. The number of thiocarbonyl (C=S) groups is 1. The van der Waals surface area contributed by atoms with E-state index in [1.165, 1.54) is 0 Å². The maximum Gasteiger partial charge on any atom is 0.273 e. The number of rotatable bonds is 3. The first kappa shape index (κ1) is 12.8. The molecule has 0 aromatic heterocycles. The average molecular weight is 277 g/mol. The molecule has 1 saturated heterocycles. The number of thioether (sulfide) groups is 1. The molecule has 18 heavy (non-hydrogen) atoms. The maximum absolute atomic E-state index is 11.5. The Morgan fingerprint density at radius 2 is 2.22 bits per heavy atom. The van der Waals surface area contributed by atoms with Crippen molar-refractivity contribution in [2.45, 2.75) is 4.90 Å². The zero-order chi connectivity index (χ0) is 13.1. The topological polar surface area (TPSA) is 53.5 Å². The molecule has 1 heterocycles. The monoisotopic (exact) mass is 277 g/mol. The Morgan fingerprint density at radius 1 is 1.44 bits per heavy atom. The van der Waals surface area contributed by atoms with Crippen LogP contribution in [0.15, 0.2) is 33.8 Å². The van der Waals surface area contributed by atoms with Gasteiger partial charge in [-0.3, -0.25) is 15.1 Å². The standard InChI is InChI=1S/C12H11N3OS2/c1-13-8-4-3-7(6-10(8)18-2)5-9-11(16)15-12(17)14-9/h3-6H,1H2,2H3,(H2,14,15,16,17)/b9-5-. The van der Waals surface area contributed by atoms with Gasteiger partial charge in [-0.25, -0.2) is 0 Å². The van der Waals surface area contributed by atoms with Gasteiger partial charge in [0.25, 0.3) is 5.91 Å². The summed E-state index contributed by atoms with van der Waals surface area (Å²) in [6, 6.07) is 5.71. The third kappa shape index (κ3) is 2.60. The zero-order valence-corrected chi connectivity index (χ0v) is 11.3. The minimum atomic E-state index is -0.211. The largest absolute Gasteiger partial charge is 0.328 e. The van der Waals surface area contributed by atoms with Crippen molar-refractivity contribution < 1.29 is 4.79 Å². The fraction of sp³-hybridized carbons (Fsp3) is 0.0833. The first-order valence-corrected chi connectivity index (χ1v) is 6.76. The van der Waals surface area contributed by atoms with Crippen molar-refractivity contribution in [3.8, 4) is 0 Å². The number of nitrogens with zero attached hydrogens (tertiary/aromatic N) is 1. The van der Waals surface area contributed by atoms with Crippen LogP contribution in [0.2, 0.25) is 0 Å². The smallest absolute Gasteiger partial charge is 0.273 e. The zero-order valence-electron chi connectivity index (χ0n) is 9.69. The number of amides is 1. The second-order valence-corrected chi connectivity index (χ2v) is 4.81. The summed E-state index contributed by atoms with van der Waals surface area (Å²) in [5.41, 5.74) is 2.20. The fourth-order valence-corrected chi connectivity index (χ4v) is 2.36. The van der Waals surface area contributed by atoms with Crippen LogP contribution in [-0.4, -0.2) is 24.0 Å². The van der Waals surface area contributed by atoms with Crippen molar-refractivity contribution in [2.24, 2.45) is 4.99 Å². The number of hydrogen-bond acceptors (Lipinski definition) is 4. The van der Waals surface area contributed by atoms with E-state index >= 15 is 0 Å². The third-order valence-corrected chi connectivity index (χ3v) is 3.38. The van der Waals surface area contributed by atoms with Crippen molar-refractivity contribution in [3.05, 3.63) is 29.5 Å². The predicted octanol–water partition coefficient (Wildman–Crippen LogP) is 2.09. The highest BCUT2D eigenvalue weighted by Crippen LogP contribution is 2.29. The van der Waals surface area contributed by atoms with E-state index < -0.39 is 0 Å². The molecule has 4 nitrogen and oxygen atoms in total. The summed E-state index contributed by atoms with van der Waals surface area (Å²) in [5.74, 6) is -0.211. The van der Waals surface area contributed by atoms with E-state index in [1.54, 1.807) is 17.8 Å². The second-order valence-electron chi connectivity index (χ2n) is 3.56. The predicted molar refractivity (Wildman–Crippen MR) is 79.3 cm³/mol. The first-order chi connectivity index (χ1) is 8.63. The molecule has 0 bridgehead atoms. The minimum Gasteiger partial charge on any atom is -0.328 e. The van der Waals surface area contributed by atoms with Gasteiger partial charge >= 0.3 is 0 Å². The van der Waals surface area contributed by atoms with Gasteiger partial charge in [0.15, 0.2) is 5.11 Å². The Labute approximate surface area is 115 Å². The van der Waals surface area contributed by atoms with Crippen molar-refractivity contribution in [3.63, 3.8) is 0 Å². The lowest BCUT2D eigenvalue weighted by atomic mass is 10.1. The van der Waals surface area contributed by atoms with Crippen LogP contribution in [0.5, 0.6) is 0 Å². The van der Waals surface area contributed by atoms with Crippen molar-refractivity contribution in [1.82, 2.24) is 10.6 Å². The van der Waals surface area contributed by atoms with Crippen LogP contribution in [0, 0.1) is 0 Å². The molecule has 0 saturated carbocycles. The van der Waals surface area contributed by atoms with Crippen LogP contribution in [0.25, 0.3) is 6.08 Å². The van der Waals surface area contributed by atoms with E-state index in [0.717, 1.165) is 16.1 Å². The molecule has 0 aliphatic carbocycles. The van der Waals surface area contributed by atoms with Gasteiger partial charge in [-0.2, -0.15) is 0 Å². The highest BCUT2D eigenvalue weighted by molar-refractivity contribution is 7.98.